The van der Waals surface area contributed by atoms with Crippen LogP contribution in [0.1, 0.15) is 38.2 Å². The molecule has 0 aliphatic heterocycles. The van der Waals surface area contributed by atoms with Gasteiger partial charge in [0.05, 0.1) is 6.04 Å². The average molecular weight is 256 g/mol. The van der Waals surface area contributed by atoms with Gasteiger partial charge in [-0.2, -0.15) is 4.37 Å². The highest BCUT2D eigenvalue weighted by Crippen LogP contribution is 2.08. The van der Waals surface area contributed by atoms with Gasteiger partial charge in [0.2, 0.25) is 5.78 Å². The van der Waals surface area contributed by atoms with Gasteiger partial charge in [-0.1, -0.05) is 0 Å². The fourth-order valence-corrected chi connectivity index (χ4v) is 1.63. The van der Waals surface area contributed by atoms with E-state index in [4.69, 9.17) is 4.74 Å². The number of aromatic nitrogens is 1. The molecule has 1 unspecified atom stereocenters. The van der Waals surface area contributed by atoms with E-state index in [2.05, 4.69) is 9.69 Å². The number of ether oxygens (including phenoxy) is 1. The van der Waals surface area contributed by atoms with Gasteiger partial charge in [-0.3, -0.25) is 4.79 Å². The molecule has 1 rings (SSSR count). The standard InChI is InChI=1S/C11H16N2O3S/c1-7(9(14)8-5-6-17-13-8)12-10(15)16-11(2,3)4/h5-7H,1-4H3,(H,12,15). The average Bonchev–Trinajstić information content (AvgIpc) is 2.65. The molecule has 0 bridgehead atoms. The molecule has 0 saturated heterocycles. The molecule has 0 aliphatic carbocycles. The minimum atomic E-state index is -0.646. The van der Waals surface area contributed by atoms with Gasteiger partial charge >= 0.3 is 6.09 Å². The van der Waals surface area contributed by atoms with Crippen molar-refractivity contribution in [1.82, 2.24) is 9.69 Å². The predicted octanol–water partition coefficient (Wildman–Crippen LogP) is 2.24. The summed E-state index contributed by atoms with van der Waals surface area (Å²) in [5.41, 5.74) is -0.216. The lowest BCUT2D eigenvalue weighted by atomic mass is 10.1. The summed E-state index contributed by atoms with van der Waals surface area (Å²) >= 11 is 1.20. The van der Waals surface area contributed by atoms with E-state index in [-0.39, 0.29) is 5.78 Å². The first-order chi connectivity index (χ1) is 7.79. The van der Waals surface area contributed by atoms with Crippen molar-refractivity contribution in [3.8, 4) is 0 Å². The third-order valence-electron chi connectivity index (χ3n) is 1.82. The molecular weight excluding hydrogens is 240 g/mol. The summed E-state index contributed by atoms with van der Waals surface area (Å²) in [6.07, 6.45) is -0.603. The van der Waals surface area contributed by atoms with Gasteiger partial charge < -0.3 is 10.1 Å². The van der Waals surface area contributed by atoms with Gasteiger partial charge in [-0.25, -0.2) is 4.79 Å². The first-order valence-corrected chi connectivity index (χ1v) is 6.07. The molecule has 0 saturated carbocycles. The fraction of sp³-hybridized carbons (Fsp3) is 0.545. The number of hydrogen-bond donors (Lipinski definition) is 1. The number of amides is 1. The van der Waals surface area contributed by atoms with Crippen molar-refractivity contribution in [3.63, 3.8) is 0 Å². The van der Waals surface area contributed by atoms with Gasteiger partial charge in [0.25, 0.3) is 0 Å². The van der Waals surface area contributed by atoms with Gasteiger partial charge in [-0.15, -0.1) is 0 Å². The quantitative estimate of drug-likeness (QED) is 0.842. The molecule has 1 aromatic heterocycles. The smallest absolute Gasteiger partial charge is 0.408 e. The second-order valence-corrected chi connectivity index (χ2v) is 5.28. The van der Waals surface area contributed by atoms with E-state index in [1.54, 1.807) is 39.1 Å². The van der Waals surface area contributed by atoms with Crippen LogP contribution in [0.3, 0.4) is 0 Å². The van der Waals surface area contributed by atoms with E-state index in [9.17, 15) is 9.59 Å². The largest absolute Gasteiger partial charge is 0.444 e. The molecule has 5 nitrogen and oxygen atoms in total. The number of rotatable bonds is 3. The van der Waals surface area contributed by atoms with Crippen molar-refractivity contribution < 1.29 is 14.3 Å². The molecule has 1 N–H and O–H groups in total. The van der Waals surface area contributed by atoms with Crippen molar-refractivity contribution >= 4 is 23.4 Å². The maximum atomic E-state index is 11.8. The molecule has 1 heterocycles. The molecule has 17 heavy (non-hydrogen) atoms. The molecule has 0 spiro atoms. The van der Waals surface area contributed by atoms with Crippen LogP contribution in [0.25, 0.3) is 0 Å². The number of hydrogen-bond acceptors (Lipinski definition) is 5. The molecule has 1 atom stereocenters. The van der Waals surface area contributed by atoms with Crippen molar-refractivity contribution in [2.24, 2.45) is 0 Å². The molecule has 0 fully saturated rings. The number of alkyl carbamates (subject to hydrolysis) is 1. The van der Waals surface area contributed by atoms with E-state index in [0.717, 1.165) is 0 Å². The summed E-state index contributed by atoms with van der Waals surface area (Å²) in [5.74, 6) is -0.225. The van der Waals surface area contributed by atoms with Crippen LogP contribution in [0.15, 0.2) is 11.4 Å². The Hall–Kier alpha value is -1.43. The SMILES string of the molecule is CC(NC(=O)OC(C)(C)C)C(=O)c1ccsn1. The summed E-state index contributed by atoms with van der Waals surface area (Å²) < 4.78 is 8.97. The molecule has 1 aromatic rings. The number of ketones is 1. The first kappa shape index (κ1) is 13.6. The maximum Gasteiger partial charge on any atom is 0.408 e. The Morgan fingerprint density at radius 1 is 1.47 bits per heavy atom. The zero-order valence-electron chi connectivity index (χ0n) is 10.3. The second kappa shape index (κ2) is 5.27. The Balaban J connectivity index is 2.52. The third kappa shape index (κ3) is 4.52. The minimum absolute atomic E-state index is 0.225. The lowest BCUT2D eigenvalue weighted by Gasteiger charge is -2.21. The number of nitrogens with one attached hydrogen (secondary N) is 1. The topological polar surface area (TPSA) is 68.3 Å². The first-order valence-electron chi connectivity index (χ1n) is 5.24. The lowest BCUT2D eigenvalue weighted by molar-refractivity contribution is 0.0496. The Morgan fingerprint density at radius 2 is 2.12 bits per heavy atom. The molecule has 1 amide bonds. The summed E-state index contributed by atoms with van der Waals surface area (Å²) in [5, 5.41) is 4.19. The highest BCUT2D eigenvalue weighted by Gasteiger charge is 2.22. The highest BCUT2D eigenvalue weighted by molar-refractivity contribution is 7.03. The van der Waals surface area contributed by atoms with Crippen LogP contribution in [0.2, 0.25) is 0 Å². The third-order valence-corrected chi connectivity index (χ3v) is 2.38. The van der Waals surface area contributed by atoms with Crippen LogP contribution in [-0.2, 0) is 4.74 Å². The number of Topliss-reactive ketones (excluding diaryl/α,β-unsaturated/α-hetero) is 1. The van der Waals surface area contributed by atoms with Gasteiger partial charge in [-0.05, 0) is 45.3 Å². The molecule has 0 radical (unpaired) electrons. The molecule has 0 aliphatic rings. The van der Waals surface area contributed by atoms with E-state index >= 15 is 0 Å². The van der Waals surface area contributed by atoms with Crippen LogP contribution < -0.4 is 5.32 Å². The zero-order valence-corrected chi connectivity index (χ0v) is 11.1. The zero-order chi connectivity index (χ0) is 13.1. The van der Waals surface area contributed by atoms with Crippen molar-refractivity contribution in [1.29, 1.82) is 0 Å². The summed E-state index contributed by atoms with van der Waals surface area (Å²) in [6.45, 7) is 6.89. The highest BCUT2D eigenvalue weighted by atomic mass is 32.1. The van der Waals surface area contributed by atoms with Crippen LogP contribution in [0.4, 0.5) is 4.79 Å². The van der Waals surface area contributed by atoms with E-state index < -0.39 is 17.7 Å². The second-order valence-electron chi connectivity index (χ2n) is 4.62. The maximum absolute atomic E-state index is 11.8. The normalized spacial score (nSPS) is 12.9. The number of carbonyl (C=O) groups excluding carboxylic acids is 2. The Labute approximate surface area is 104 Å². The van der Waals surface area contributed by atoms with Gasteiger partial charge in [0, 0.05) is 5.38 Å². The molecule has 6 heteroatoms. The van der Waals surface area contributed by atoms with E-state index in [1.807, 2.05) is 0 Å². The van der Waals surface area contributed by atoms with E-state index in [1.165, 1.54) is 11.5 Å². The van der Waals surface area contributed by atoms with Crippen molar-refractivity contribution in [3.05, 3.63) is 17.1 Å². The molecule has 94 valence electrons. The fourth-order valence-electron chi connectivity index (χ4n) is 1.11. The Bertz CT molecular complexity index is 395. The van der Waals surface area contributed by atoms with Gasteiger partial charge in [0.1, 0.15) is 11.3 Å². The van der Waals surface area contributed by atoms with E-state index in [0.29, 0.717) is 5.69 Å². The monoisotopic (exact) mass is 256 g/mol. The Kier molecular flexibility index (Phi) is 4.22. The van der Waals surface area contributed by atoms with Crippen LogP contribution in [-0.4, -0.2) is 27.9 Å². The Morgan fingerprint density at radius 3 is 2.59 bits per heavy atom. The van der Waals surface area contributed by atoms with Crippen molar-refractivity contribution in [2.75, 3.05) is 0 Å². The van der Waals surface area contributed by atoms with Crippen LogP contribution in [0.5, 0.6) is 0 Å². The van der Waals surface area contributed by atoms with Crippen LogP contribution in [0, 0.1) is 0 Å². The lowest BCUT2D eigenvalue weighted by Crippen LogP contribution is -2.41. The number of nitrogens with zero attached hydrogens (tertiary/aromatic N) is 1. The summed E-state index contributed by atoms with van der Waals surface area (Å²) in [4.78, 5) is 23.2. The number of carbonyl (C=O) groups is 2. The van der Waals surface area contributed by atoms with Gasteiger partial charge in [0.15, 0.2) is 0 Å². The van der Waals surface area contributed by atoms with Crippen molar-refractivity contribution in [2.45, 2.75) is 39.3 Å². The minimum Gasteiger partial charge on any atom is -0.444 e. The van der Waals surface area contributed by atoms with Crippen LogP contribution >= 0.6 is 11.5 Å². The molecule has 0 aromatic carbocycles. The predicted molar refractivity (Wildman–Crippen MR) is 65.3 cm³/mol. The summed E-state index contributed by atoms with van der Waals surface area (Å²) in [7, 11) is 0. The summed E-state index contributed by atoms with van der Waals surface area (Å²) in [6, 6.07) is 0.979. The molecular formula is C11H16N2O3S.